The Morgan fingerprint density at radius 3 is 2.33 bits per heavy atom. The van der Waals surface area contributed by atoms with Gasteiger partial charge in [-0.25, -0.2) is 0 Å². The maximum atomic E-state index is 12.5. The van der Waals surface area contributed by atoms with E-state index in [0.717, 1.165) is 12.1 Å². The van der Waals surface area contributed by atoms with Crippen molar-refractivity contribution in [2.45, 2.75) is 19.1 Å². The van der Waals surface area contributed by atoms with Crippen molar-refractivity contribution in [1.29, 1.82) is 0 Å². The van der Waals surface area contributed by atoms with E-state index in [-0.39, 0.29) is 12.6 Å². The normalized spacial score (nSPS) is 13.4. The van der Waals surface area contributed by atoms with Gasteiger partial charge in [-0.1, -0.05) is 12.1 Å². The van der Waals surface area contributed by atoms with Gasteiger partial charge >= 0.3 is 12.1 Å². The number of nitrogens with zero attached hydrogens (tertiary/aromatic N) is 1. The zero-order chi connectivity index (χ0) is 16.0. The van der Waals surface area contributed by atoms with E-state index >= 15 is 0 Å². The highest BCUT2D eigenvalue weighted by Crippen LogP contribution is 2.30. The maximum absolute atomic E-state index is 12.5. The number of benzene rings is 1. The average Bonchev–Trinajstić information content (AvgIpc) is 2.41. The third-order valence-electron chi connectivity index (χ3n) is 3.19. The number of rotatable bonds is 7. The van der Waals surface area contributed by atoms with E-state index in [4.69, 9.17) is 9.84 Å². The molecule has 0 aliphatic carbocycles. The minimum absolute atomic E-state index is 0.203. The van der Waals surface area contributed by atoms with Crippen molar-refractivity contribution in [2.75, 3.05) is 26.8 Å². The monoisotopic (exact) mass is 305 g/mol. The van der Waals surface area contributed by atoms with Crippen LogP contribution in [0.1, 0.15) is 24.1 Å². The number of carboxylic acid groups (broad SMARTS) is 1. The summed E-state index contributed by atoms with van der Waals surface area (Å²) in [5.74, 6) is -0.995. The molecule has 1 atom stereocenters. The molecule has 0 saturated carbocycles. The van der Waals surface area contributed by atoms with Gasteiger partial charge in [-0.2, -0.15) is 13.2 Å². The fraction of sp³-hybridized carbons (Fsp3) is 0.500. The molecule has 0 aromatic heterocycles. The molecule has 0 saturated heterocycles. The molecule has 118 valence electrons. The van der Waals surface area contributed by atoms with E-state index in [1.807, 2.05) is 0 Å². The summed E-state index contributed by atoms with van der Waals surface area (Å²) in [6.45, 7) is 2.27. The molecule has 0 heterocycles. The third kappa shape index (κ3) is 5.35. The summed E-state index contributed by atoms with van der Waals surface area (Å²) >= 11 is 0. The molecular weight excluding hydrogens is 287 g/mol. The molecule has 1 unspecified atom stereocenters. The van der Waals surface area contributed by atoms with Crippen molar-refractivity contribution in [3.05, 3.63) is 35.4 Å². The first kappa shape index (κ1) is 17.5. The summed E-state index contributed by atoms with van der Waals surface area (Å²) < 4.78 is 42.5. The van der Waals surface area contributed by atoms with Crippen LogP contribution in [-0.4, -0.2) is 42.8 Å². The first-order chi connectivity index (χ1) is 9.75. The minimum Gasteiger partial charge on any atom is -0.480 e. The first-order valence-electron chi connectivity index (χ1n) is 6.37. The summed E-state index contributed by atoms with van der Waals surface area (Å²) in [4.78, 5) is 12.5. The van der Waals surface area contributed by atoms with Gasteiger partial charge in [-0.3, -0.25) is 9.69 Å². The van der Waals surface area contributed by atoms with Crippen LogP contribution in [0, 0.1) is 0 Å². The van der Waals surface area contributed by atoms with E-state index < -0.39 is 17.7 Å². The highest BCUT2D eigenvalue weighted by atomic mass is 19.4. The van der Waals surface area contributed by atoms with Crippen LogP contribution in [0.2, 0.25) is 0 Å². The van der Waals surface area contributed by atoms with E-state index in [1.165, 1.54) is 19.2 Å². The second-order valence-electron chi connectivity index (χ2n) is 4.65. The lowest BCUT2D eigenvalue weighted by Crippen LogP contribution is -2.35. The van der Waals surface area contributed by atoms with Crippen LogP contribution in [0.5, 0.6) is 0 Å². The van der Waals surface area contributed by atoms with Gasteiger partial charge in [0, 0.05) is 19.7 Å². The summed E-state index contributed by atoms with van der Waals surface area (Å²) in [6.07, 6.45) is -4.38. The Bertz CT molecular complexity index is 460. The molecule has 1 rings (SSSR count). The van der Waals surface area contributed by atoms with E-state index in [2.05, 4.69) is 0 Å². The number of hydrogen-bond donors (Lipinski definition) is 1. The molecule has 0 spiro atoms. The highest BCUT2D eigenvalue weighted by Gasteiger charge is 2.30. The van der Waals surface area contributed by atoms with Crippen LogP contribution >= 0.6 is 0 Å². The van der Waals surface area contributed by atoms with Crippen LogP contribution in [0.15, 0.2) is 24.3 Å². The second-order valence-corrected chi connectivity index (χ2v) is 4.65. The van der Waals surface area contributed by atoms with Crippen molar-refractivity contribution >= 4 is 5.97 Å². The first-order valence-corrected chi connectivity index (χ1v) is 6.37. The van der Waals surface area contributed by atoms with Crippen molar-refractivity contribution in [3.8, 4) is 0 Å². The summed E-state index contributed by atoms with van der Waals surface area (Å²) in [7, 11) is 1.50. The Morgan fingerprint density at radius 1 is 1.33 bits per heavy atom. The molecule has 1 N–H and O–H groups in total. The number of carbonyl (C=O) groups is 1. The Morgan fingerprint density at radius 2 is 1.90 bits per heavy atom. The minimum atomic E-state index is -4.38. The Kier molecular flexibility index (Phi) is 6.17. The second kappa shape index (κ2) is 7.42. The Balaban J connectivity index is 2.87. The lowest BCUT2D eigenvalue weighted by Gasteiger charge is -2.27. The van der Waals surface area contributed by atoms with Crippen LogP contribution in [0.25, 0.3) is 0 Å². The number of carboxylic acids is 1. The number of ether oxygens (including phenoxy) is 1. The van der Waals surface area contributed by atoms with Gasteiger partial charge < -0.3 is 9.84 Å². The molecule has 0 aliphatic rings. The number of aliphatic carboxylic acids is 1. The van der Waals surface area contributed by atoms with E-state index in [9.17, 15) is 18.0 Å². The van der Waals surface area contributed by atoms with Gasteiger partial charge in [-0.15, -0.1) is 0 Å². The molecule has 1 aromatic rings. The third-order valence-corrected chi connectivity index (χ3v) is 3.19. The standard InChI is InChI=1S/C14H18F3NO3/c1-10(18(7-8-21-2)9-13(19)20)11-3-5-12(6-4-11)14(15,16)17/h3-6,10H,7-9H2,1-2H3,(H,19,20). The van der Waals surface area contributed by atoms with Crippen LogP contribution in [-0.2, 0) is 15.7 Å². The molecule has 0 amide bonds. The van der Waals surface area contributed by atoms with E-state index in [0.29, 0.717) is 18.7 Å². The van der Waals surface area contributed by atoms with Gasteiger partial charge in [0.05, 0.1) is 18.7 Å². The van der Waals surface area contributed by atoms with Crippen LogP contribution in [0.4, 0.5) is 13.2 Å². The molecule has 1 aromatic carbocycles. The zero-order valence-electron chi connectivity index (χ0n) is 11.9. The lowest BCUT2D eigenvalue weighted by molar-refractivity contribution is -0.139. The van der Waals surface area contributed by atoms with Crippen molar-refractivity contribution in [3.63, 3.8) is 0 Å². The molecule has 4 nitrogen and oxygen atoms in total. The Hall–Kier alpha value is -1.60. The molecule has 21 heavy (non-hydrogen) atoms. The van der Waals surface area contributed by atoms with Gasteiger partial charge in [0.15, 0.2) is 0 Å². The highest BCUT2D eigenvalue weighted by molar-refractivity contribution is 5.69. The van der Waals surface area contributed by atoms with Crippen molar-refractivity contribution < 1.29 is 27.8 Å². The summed E-state index contributed by atoms with van der Waals surface area (Å²) in [5, 5.41) is 8.90. The molecule has 0 fully saturated rings. The zero-order valence-corrected chi connectivity index (χ0v) is 11.9. The predicted octanol–water partition coefficient (Wildman–Crippen LogP) is 2.80. The Labute approximate surface area is 121 Å². The maximum Gasteiger partial charge on any atom is 0.416 e. The molecule has 0 aliphatic heterocycles. The van der Waals surface area contributed by atoms with Gasteiger partial charge in [0.25, 0.3) is 0 Å². The van der Waals surface area contributed by atoms with Gasteiger partial charge in [-0.05, 0) is 24.6 Å². The van der Waals surface area contributed by atoms with Crippen LogP contribution < -0.4 is 0 Å². The number of hydrogen-bond acceptors (Lipinski definition) is 3. The van der Waals surface area contributed by atoms with Crippen LogP contribution in [0.3, 0.4) is 0 Å². The number of halogens is 3. The summed E-state index contributed by atoms with van der Waals surface area (Å²) in [5.41, 5.74) is -0.0968. The molecule has 7 heteroatoms. The van der Waals surface area contributed by atoms with E-state index in [1.54, 1.807) is 11.8 Å². The largest absolute Gasteiger partial charge is 0.480 e. The summed E-state index contributed by atoms with van der Waals surface area (Å²) in [6, 6.07) is 4.42. The topological polar surface area (TPSA) is 49.8 Å². The SMILES string of the molecule is COCCN(CC(=O)O)C(C)c1ccc(C(F)(F)F)cc1. The molecular formula is C14H18F3NO3. The lowest BCUT2D eigenvalue weighted by atomic mass is 10.0. The quantitative estimate of drug-likeness (QED) is 0.841. The predicted molar refractivity (Wildman–Crippen MR) is 70.9 cm³/mol. The van der Waals surface area contributed by atoms with Crippen molar-refractivity contribution in [2.24, 2.45) is 0 Å². The smallest absolute Gasteiger partial charge is 0.416 e. The fourth-order valence-electron chi connectivity index (χ4n) is 1.95. The number of alkyl halides is 3. The van der Waals surface area contributed by atoms with Gasteiger partial charge in [0.2, 0.25) is 0 Å². The number of methoxy groups -OCH3 is 1. The molecule has 0 radical (unpaired) electrons. The average molecular weight is 305 g/mol. The molecule has 0 bridgehead atoms. The van der Waals surface area contributed by atoms with Crippen molar-refractivity contribution in [1.82, 2.24) is 4.90 Å². The fourth-order valence-corrected chi connectivity index (χ4v) is 1.95. The van der Waals surface area contributed by atoms with Gasteiger partial charge in [0.1, 0.15) is 0 Å².